The molecule has 0 aliphatic heterocycles. The lowest BCUT2D eigenvalue weighted by molar-refractivity contribution is 0.102. The number of para-hydroxylation sites is 1. The number of aryl methyl sites for hydroxylation is 1. The summed E-state index contributed by atoms with van der Waals surface area (Å²) in [7, 11) is -3.38. The van der Waals surface area contributed by atoms with Crippen LogP contribution in [0.25, 0.3) is 16.7 Å². The number of anilines is 1. The average Bonchev–Trinajstić information content (AvgIpc) is 3.18. The van der Waals surface area contributed by atoms with E-state index >= 15 is 0 Å². The third-order valence-corrected chi connectivity index (χ3v) is 6.30. The van der Waals surface area contributed by atoms with E-state index in [0.29, 0.717) is 39.6 Å². The van der Waals surface area contributed by atoms with E-state index in [1.54, 1.807) is 34.9 Å². The van der Waals surface area contributed by atoms with Crippen molar-refractivity contribution in [1.29, 1.82) is 0 Å². The van der Waals surface area contributed by atoms with Crippen molar-refractivity contribution in [3.05, 3.63) is 64.4 Å². The molecule has 32 heavy (non-hydrogen) atoms. The molecule has 0 atom stereocenters. The number of nitrogens with zero attached hydrogens (tertiary/aromatic N) is 4. The molecular weight excluding hydrogens is 450 g/mol. The number of benzene rings is 2. The molecule has 166 valence electrons. The molecule has 0 bridgehead atoms. The van der Waals surface area contributed by atoms with Gasteiger partial charge in [-0.05, 0) is 42.8 Å². The van der Waals surface area contributed by atoms with Crippen LogP contribution in [0.1, 0.15) is 23.7 Å². The second kappa shape index (κ2) is 8.75. The summed E-state index contributed by atoms with van der Waals surface area (Å²) in [6.45, 7) is 2.50. The van der Waals surface area contributed by atoms with Gasteiger partial charge in [-0.25, -0.2) is 8.42 Å². The number of nitrogens with one attached hydrogen (secondary N) is 1. The molecular formula is C21H21N5O4S2. The first-order valence-corrected chi connectivity index (χ1v) is 12.8. The summed E-state index contributed by atoms with van der Waals surface area (Å²) >= 11 is 1.23. The minimum atomic E-state index is -3.38. The zero-order valence-electron chi connectivity index (χ0n) is 17.5. The maximum atomic E-state index is 12.9. The second-order valence-corrected chi connectivity index (χ2v) is 9.95. The first kappa shape index (κ1) is 22.0. The van der Waals surface area contributed by atoms with E-state index in [9.17, 15) is 18.0 Å². The van der Waals surface area contributed by atoms with E-state index < -0.39 is 10.0 Å². The Hall–Kier alpha value is -3.18. The molecule has 4 aromatic rings. The summed E-state index contributed by atoms with van der Waals surface area (Å²) < 4.78 is 28.4. The fraction of sp³-hybridized carbons (Fsp3) is 0.238. The van der Waals surface area contributed by atoms with E-state index in [1.165, 1.54) is 11.8 Å². The van der Waals surface area contributed by atoms with E-state index in [-0.39, 0.29) is 17.1 Å². The molecule has 0 amide bonds. The molecule has 0 aliphatic rings. The van der Waals surface area contributed by atoms with Gasteiger partial charge in [-0.15, -0.1) is 10.2 Å². The summed E-state index contributed by atoms with van der Waals surface area (Å²) in [5.41, 5.74) is 1.42. The number of Topliss-reactive ketones (excluding diaryl/α,β-unsaturated/α-hetero) is 1. The first-order valence-electron chi connectivity index (χ1n) is 9.89. The monoisotopic (exact) mass is 471 g/mol. The van der Waals surface area contributed by atoms with E-state index in [4.69, 9.17) is 0 Å². The van der Waals surface area contributed by atoms with Crippen LogP contribution in [0.5, 0.6) is 0 Å². The Morgan fingerprint density at radius 1 is 1.09 bits per heavy atom. The number of sulfonamides is 1. The van der Waals surface area contributed by atoms with Crippen LogP contribution in [0.4, 0.5) is 5.69 Å². The highest BCUT2D eigenvalue weighted by Crippen LogP contribution is 2.23. The van der Waals surface area contributed by atoms with Crippen molar-refractivity contribution in [2.24, 2.45) is 0 Å². The fourth-order valence-electron chi connectivity index (χ4n) is 3.40. The lowest BCUT2D eigenvalue weighted by Gasteiger charge is -2.10. The molecule has 0 saturated carbocycles. The van der Waals surface area contributed by atoms with Gasteiger partial charge in [0.25, 0.3) is 5.56 Å². The summed E-state index contributed by atoms with van der Waals surface area (Å²) in [6.07, 6.45) is 1.83. The number of ketones is 1. The maximum absolute atomic E-state index is 12.9. The minimum Gasteiger partial charge on any atom is -0.293 e. The Bertz CT molecular complexity index is 1470. The van der Waals surface area contributed by atoms with Crippen LogP contribution in [-0.4, -0.2) is 45.4 Å². The van der Waals surface area contributed by atoms with Gasteiger partial charge in [0.2, 0.25) is 15.8 Å². The van der Waals surface area contributed by atoms with Crippen LogP contribution in [0.3, 0.4) is 0 Å². The predicted octanol–water partition coefficient (Wildman–Crippen LogP) is 2.80. The van der Waals surface area contributed by atoms with Crippen LogP contribution in [-0.2, 0) is 16.6 Å². The normalized spacial score (nSPS) is 11.8. The third-order valence-electron chi connectivity index (χ3n) is 4.77. The SMILES string of the molecule is CCCn1c(=O)c2ccccc2n2c(SCC(=O)c3ccc(NS(C)(=O)=O)cc3)nnc12. The zero-order chi connectivity index (χ0) is 22.9. The standard InChI is InChI=1S/C21H21N5O4S2/c1-3-12-25-19(28)16-6-4-5-7-17(16)26-20(25)22-23-21(26)31-13-18(27)14-8-10-15(11-9-14)24-32(2,29)30/h4-11,24H,3,12-13H2,1-2H3. The highest BCUT2D eigenvalue weighted by molar-refractivity contribution is 7.99. The van der Waals surface area contributed by atoms with Gasteiger partial charge in [0, 0.05) is 17.8 Å². The molecule has 0 spiro atoms. The van der Waals surface area contributed by atoms with Crippen LogP contribution in [0.15, 0.2) is 58.5 Å². The molecule has 1 N–H and O–H groups in total. The summed E-state index contributed by atoms with van der Waals surface area (Å²) in [5.74, 6) is 0.423. The fourth-order valence-corrected chi connectivity index (χ4v) is 4.80. The highest BCUT2D eigenvalue weighted by atomic mass is 32.2. The topological polar surface area (TPSA) is 115 Å². The van der Waals surface area contributed by atoms with Crippen molar-refractivity contribution in [3.8, 4) is 0 Å². The van der Waals surface area contributed by atoms with Crippen LogP contribution < -0.4 is 10.3 Å². The van der Waals surface area contributed by atoms with Gasteiger partial charge in [0.05, 0.1) is 22.9 Å². The number of hydrogen-bond donors (Lipinski definition) is 1. The van der Waals surface area contributed by atoms with Crippen molar-refractivity contribution in [2.45, 2.75) is 25.0 Å². The molecule has 2 heterocycles. The lowest BCUT2D eigenvalue weighted by atomic mass is 10.1. The van der Waals surface area contributed by atoms with E-state index in [0.717, 1.165) is 12.7 Å². The van der Waals surface area contributed by atoms with Gasteiger partial charge in [0.1, 0.15) is 0 Å². The molecule has 0 fully saturated rings. The van der Waals surface area contributed by atoms with Crippen molar-refractivity contribution in [3.63, 3.8) is 0 Å². The van der Waals surface area contributed by atoms with Crippen molar-refractivity contribution >= 4 is 49.9 Å². The number of thioether (sulfide) groups is 1. The summed E-state index contributed by atoms with van der Waals surface area (Å²) in [5, 5.41) is 9.54. The zero-order valence-corrected chi connectivity index (χ0v) is 19.1. The first-order chi connectivity index (χ1) is 15.3. The quantitative estimate of drug-likeness (QED) is 0.310. The van der Waals surface area contributed by atoms with Gasteiger partial charge in [-0.2, -0.15) is 0 Å². The number of fused-ring (bicyclic) bond motifs is 3. The molecule has 2 aromatic heterocycles. The minimum absolute atomic E-state index is 0.112. The number of carbonyl (C=O) groups excluding carboxylic acids is 1. The Morgan fingerprint density at radius 2 is 1.81 bits per heavy atom. The van der Waals surface area contributed by atoms with Crippen LogP contribution >= 0.6 is 11.8 Å². The smallest absolute Gasteiger partial charge is 0.262 e. The average molecular weight is 472 g/mol. The molecule has 0 radical (unpaired) electrons. The molecule has 0 aliphatic carbocycles. The second-order valence-electron chi connectivity index (χ2n) is 7.26. The van der Waals surface area contributed by atoms with Crippen LogP contribution in [0, 0.1) is 0 Å². The number of rotatable bonds is 8. The molecule has 11 heteroatoms. The van der Waals surface area contributed by atoms with Crippen molar-refractivity contribution < 1.29 is 13.2 Å². The maximum Gasteiger partial charge on any atom is 0.262 e. The number of carbonyl (C=O) groups is 1. The van der Waals surface area contributed by atoms with Gasteiger partial charge in [-0.1, -0.05) is 30.8 Å². The molecule has 0 saturated heterocycles. The molecule has 4 rings (SSSR count). The number of aromatic nitrogens is 4. The Labute approximate surface area is 188 Å². The predicted molar refractivity (Wildman–Crippen MR) is 125 cm³/mol. The van der Waals surface area contributed by atoms with E-state index in [2.05, 4.69) is 14.9 Å². The van der Waals surface area contributed by atoms with Crippen molar-refractivity contribution in [1.82, 2.24) is 19.2 Å². The summed E-state index contributed by atoms with van der Waals surface area (Å²) in [4.78, 5) is 25.6. The Balaban J connectivity index is 1.63. The van der Waals surface area contributed by atoms with Crippen LogP contribution in [0.2, 0.25) is 0 Å². The third kappa shape index (κ3) is 4.39. The molecule has 2 aromatic carbocycles. The largest absolute Gasteiger partial charge is 0.293 e. The van der Waals surface area contributed by atoms with Gasteiger partial charge in [-0.3, -0.25) is 23.3 Å². The van der Waals surface area contributed by atoms with Gasteiger partial charge < -0.3 is 0 Å². The Kier molecular flexibility index (Phi) is 6.02. The van der Waals surface area contributed by atoms with Gasteiger partial charge >= 0.3 is 0 Å². The summed E-state index contributed by atoms with van der Waals surface area (Å²) in [6, 6.07) is 13.5. The van der Waals surface area contributed by atoms with Crippen molar-refractivity contribution in [2.75, 3.05) is 16.7 Å². The molecule has 9 nitrogen and oxygen atoms in total. The van der Waals surface area contributed by atoms with E-state index in [1.807, 2.05) is 29.5 Å². The van der Waals surface area contributed by atoms with Gasteiger partial charge in [0.15, 0.2) is 10.9 Å². The Morgan fingerprint density at radius 3 is 2.50 bits per heavy atom. The lowest BCUT2D eigenvalue weighted by Crippen LogP contribution is -2.23. The number of hydrogen-bond acceptors (Lipinski definition) is 7. The molecule has 0 unspecified atom stereocenters. The highest BCUT2D eigenvalue weighted by Gasteiger charge is 2.17.